The fourth-order valence-corrected chi connectivity index (χ4v) is 3.13. The lowest BCUT2D eigenvalue weighted by molar-refractivity contribution is -0.128. The maximum Gasteiger partial charge on any atom is 0.261 e. The van der Waals surface area contributed by atoms with Gasteiger partial charge >= 0.3 is 0 Å². The highest BCUT2D eigenvalue weighted by Gasteiger charge is 2.21. The fraction of sp³-hybridized carbons (Fsp3) is 0.350. The number of benzene rings is 2. The Bertz CT molecular complexity index is 842. The van der Waals surface area contributed by atoms with Crippen molar-refractivity contribution in [1.82, 2.24) is 5.32 Å². The minimum absolute atomic E-state index is 0.201. The molecule has 0 aliphatic rings. The van der Waals surface area contributed by atoms with Gasteiger partial charge in [-0.05, 0) is 50.1 Å². The van der Waals surface area contributed by atoms with Crippen molar-refractivity contribution < 1.29 is 17.9 Å². The first-order valence-electron chi connectivity index (χ1n) is 8.54. The van der Waals surface area contributed by atoms with E-state index in [9.17, 15) is 13.2 Å². The molecular formula is C20H25NO4S. The van der Waals surface area contributed by atoms with Crippen molar-refractivity contribution in [3.05, 3.63) is 59.7 Å². The van der Waals surface area contributed by atoms with Crippen LogP contribution in [0.1, 0.15) is 37.4 Å². The second kappa shape index (κ2) is 8.36. The zero-order valence-corrected chi connectivity index (χ0v) is 16.3. The number of carbonyl (C=O) groups excluding carboxylic acids is 1. The molecule has 0 radical (unpaired) electrons. The summed E-state index contributed by atoms with van der Waals surface area (Å²) in [6.07, 6.45) is 1.12. The van der Waals surface area contributed by atoms with Gasteiger partial charge in [-0.1, -0.05) is 36.8 Å². The summed E-state index contributed by atoms with van der Waals surface area (Å²) in [5, 5.41) is 2.92. The first-order valence-corrected chi connectivity index (χ1v) is 10.4. The van der Waals surface area contributed by atoms with Crippen LogP contribution in [0, 0.1) is 6.92 Å². The highest BCUT2D eigenvalue weighted by atomic mass is 32.2. The Balaban J connectivity index is 2.03. The molecule has 0 unspecified atom stereocenters. The van der Waals surface area contributed by atoms with Crippen LogP contribution < -0.4 is 10.1 Å². The fourth-order valence-electron chi connectivity index (χ4n) is 2.50. The molecule has 5 nitrogen and oxygen atoms in total. The summed E-state index contributed by atoms with van der Waals surface area (Å²) in [7, 11) is -3.23. The summed E-state index contributed by atoms with van der Waals surface area (Å²) in [5.74, 6) is 0.454. The van der Waals surface area contributed by atoms with Gasteiger partial charge in [0.1, 0.15) is 5.75 Å². The summed E-state index contributed by atoms with van der Waals surface area (Å²) in [5.41, 5.74) is 1.96. The Morgan fingerprint density at radius 1 is 1.08 bits per heavy atom. The largest absolute Gasteiger partial charge is 0.481 e. The summed E-state index contributed by atoms with van der Waals surface area (Å²) < 4.78 is 28.8. The lowest BCUT2D eigenvalue weighted by Gasteiger charge is -2.21. The minimum atomic E-state index is -3.23. The van der Waals surface area contributed by atoms with Gasteiger partial charge in [0.05, 0.1) is 10.9 Å². The van der Waals surface area contributed by atoms with E-state index < -0.39 is 15.9 Å². The van der Waals surface area contributed by atoms with E-state index in [1.165, 1.54) is 6.26 Å². The van der Waals surface area contributed by atoms with E-state index in [1.807, 2.05) is 45.0 Å². The Kier molecular flexibility index (Phi) is 6.42. The highest BCUT2D eigenvalue weighted by Crippen LogP contribution is 2.18. The van der Waals surface area contributed by atoms with Crippen molar-refractivity contribution in [3.8, 4) is 5.75 Å². The number of nitrogens with one attached hydrogen (secondary N) is 1. The normalized spacial score (nSPS) is 13.7. The molecule has 6 heteroatoms. The third-order valence-corrected chi connectivity index (χ3v) is 5.26. The number of hydrogen-bond acceptors (Lipinski definition) is 4. The van der Waals surface area contributed by atoms with Crippen molar-refractivity contribution in [3.63, 3.8) is 0 Å². The number of rotatable bonds is 7. The van der Waals surface area contributed by atoms with Crippen LogP contribution in [0.15, 0.2) is 53.4 Å². The van der Waals surface area contributed by atoms with Gasteiger partial charge in [-0.15, -0.1) is 0 Å². The number of aryl methyl sites for hydroxylation is 1. The molecule has 1 N–H and O–H groups in total. The maximum absolute atomic E-state index is 12.5. The number of sulfone groups is 1. The second-order valence-electron chi connectivity index (χ2n) is 6.40. The predicted octanol–water partition coefficient (Wildman–Crippen LogP) is 3.43. The van der Waals surface area contributed by atoms with Gasteiger partial charge in [0.25, 0.3) is 5.91 Å². The lowest BCUT2D eigenvalue weighted by Crippen LogP contribution is -2.39. The molecule has 2 aromatic carbocycles. The molecule has 0 bridgehead atoms. The van der Waals surface area contributed by atoms with Crippen molar-refractivity contribution >= 4 is 15.7 Å². The molecule has 0 heterocycles. The Hall–Kier alpha value is -2.34. The molecular weight excluding hydrogens is 350 g/mol. The SMILES string of the molecule is CC[C@H](Oc1ccc(C)cc1)C(=O)N[C@@H](C)c1ccc(S(C)(=O)=O)cc1. The standard InChI is InChI=1S/C20H25NO4S/c1-5-19(25-17-10-6-14(2)7-11-17)20(22)21-15(3)16-8-12-18(13-9-16)26(4,23)24/h6-13,15,19H,5H2,1-4H3,(H,21,22)/t15-,19-/m0/s1. The Labute approximate surface area is 155 Å². The molecule has 26 heavy (non-hydrogen) atoms. The molecule has 0 aliphatic heterocycles. The van der Waals surface area contributed by atoms with Crippen LogP contribution >= 0.6 is 0 Å². The van der Waals surface area contributed by atoms with Gasteiger partial charge in [-0.3, -0.25) is 4.79 Å². The van der Waals surface area contributed by atoms with E-state index in [4.69, 9.17) is 4.74 Å². The zero-order chi connectivity index (χ0) is 19.3. The number of ether oxygens (including phenoxy) is 1. The molecule has 0 fully saturated rings. The number of carbonyl (C=O) groups is 1. The third-order valence-electron chi connectivity index (χ3n) is 4.13. The van der Waals surface area contributed by atoms with Gasteiger partial charge in [-0.2, -0.15) is 0 Å². The first-order chi connectivity index (χ1) is 12.2. The van der Waals surface area contributed by atoms with Crippen LogP contribution in [-0.2, 0) is 14.6 Å². The zero-order valence-electron chi connectivity index (χ0n) is 15.5. The van der Waals surface area contributed by atoms with Crippen molar-refractivity contribution in [1.29, 1.82) is 0 Å². The minimum Gasteiger partial charge on any atom is -0.481 e. The maximum atomic E-state index is 12.5. The summed E-state index contributed by atoms with van der Waals surface area (Å²) >= 11 is 0. The second-order valence-corrected chi connectivity index (χ2v) is 8.42. The summed E-state index contributed by atoms with van der Waals surface area (Å²) in [4.78, 5) is 12.8. The average molecular weight is 375 g/mol. The van der Waals surface area contributed by atoms with Gasteiger partial charge in [-0.25, -0.2) is 8.42 Å². The molecule has 0 aliphatic carbocycles. The Morgan fingerprint density at radius 2 is 1.65 bits per heavy atom. The molecule has 0 saturated heterocycles. The van der Waals surface area contributed by atoms with E-state index in [0.29, 0.717) is 12.2 Å². The van der Waals surface area contributed by atoms with Crippen LogP contribution in [0.3, 0.4) is 0 Å². The van der Waals surface area contributed by atoms with Crippen LogP contribution in [0.25, 0.3) is 0 Å². The molecule has 0 aromatic heterocycles. The van der Waals surface area contributed by atoms with E-state index in [2.05, 4.69) is 5.32 Å². The molecule has 140 valence electrons. The monoisotopic (exact) mass is 375 g/mol. The lowest BCUT2D eigenvalue weighted by atomic mass is 10.1. The van der Waals surface area contributed by atoms with Gasteiger partial charge < -0.3 is 10.1 Å². The van der Waals surface area contributed by atoms with Gasteiger partial charge in [0.2, 0.25) is 0 Å². The van der Waals surface area contributed by atoms with Crippen LogP contribution in [-0.4, -0.2) is 26.7 Å². The van der Waals surface area contributed by atoms with Crippen molar-refractivity contribution in [2.45, 2.75) is 44.2 Å². The highest BCUT2D eigenvalue weighted by molar-refractivity contribution is 7.90. The summed E-state index contributed by atoms with van der Waals surface area (Å²) in [6, 6.07) is 13.8. The number of hydrogen-bond donors (Lipinski definition) is 1. The predicted molar refractivity (Wildman–Crippen MR) is 102 cm³/mol. The van der Waals surface area contributed by atoms with Crippen LogP contribution in [0.2, 0.25) is 0 Å². The topological polar surface area (TPSA) is 72.5 Å². The summed E-state index contributed by atoms with van der Waals surface area (Å²) in [6.45, 7) is 5.74. The average Bonchev–Trinajstić information content (AvgIpc) is 2.60. The van der Waals surface area contributed by atoms with E-state index in [0.717, 1.165) is 11.1 Å². The van der Waals surface area contributed by atoms with E-state index in [1.54, 1.807) is 24.3 Å². The Morgan fingerprint density at radius 3 is 2.15 bits per heavy atom. The van der Waals surface area contributed by atoms with Gasteiger partial charge in [0, 0.05) is 6.26 Å². The molecule has 2 rings (SSSR count). The molecule has 2 aromatic rings. The smallest absolute Gasteiger partial charge is 0.261 e. The molecule has 0 saturated carbocycles. The first kappa shape index (κ1) is 20.0. The van der Waals surface area contributed by atoms with Crippen LogP contribution in [0.5, 0.6) is 5.75 Å². The van der Waals surface area contributed by atoms with Crippen molar-refractivity contribution in [2.75, 3.05) is 6.26 Å². The van der Waals surface area contributed by atoms with E-state index >= 15 is 0 Å². The molecule has 1 amide bonds. The van der Waals surface area contributed by atoms with Gasteiger partial charge in [0.15, 0.2) is 15.9 Å². The number of amides is 1. The molecule has 0 spiro atoms. The quantitative estimate of drug-likeness (QED) is 0.805. The molecule has 2 atom stereocenters. The third kappa shape index (κ3) is 5.33. The van der Waals surface area contributed by atoms with E-state index in [-0.39, 0.29) is 16.8 Å². The van der Waals surface area contributed by atoms with Crippen LogP contribution in [0.4, 0.5) is 0 Å². The van der Waals surface area contributed by atoms with Crippen molar-refractivity contribution in [2.24, 2.45) is 0 Å².